The van der Waals surface area contributed by atoms with Crippen molar-refractivity contribution >= 4 is 23.7 Å². The molecular weight excluding hydrogens is 504 g/mol. The summed E-state index contributed by atoms with van der Waals surface area (Å²) in [6.45, 7) is 13.5. The molecule has 0 aromatic heterocycles. The number of phenolic OH excluding ortho intramolecular Hbond substituents is 2. The van der Waals surface area contributed by atoms with Crippen LogP contribution in [0.3, 0.4) is 0 Å². The minimum Gasteiger partial charge on any atom is -0.508 e. The van der Waals surface area contributed by atoms with Crippen LogP contribution in [-0.4, -0.2) is 40.5 Å². The summed E-state index contributed by atoms with van der Waals surface area (Å²) in [5, 5.41) is 20.4. The largest absolute Gasteiger partial charge is 0.508 e. The molecule has 2 aromatic carbocycles. The first kappa shape index (κ1) is 31.3. The van der Waals surface area contributed by atoms with Crippen molar-refractivity contribution in [2.75, 3.05) is 6.61 Å². The average molecular weight is 543 g/mol. The van der Waals surface area contributed by atoms with E-state index in [1.165, 1.54) is 30.3 Å². The molecule has 0 heterocycles. The smallest absolute Gasteiger partial charge is 0.342 e. The number of carbonyl (C=O) groups excluding carboxylic acids is 4. The van der Waals surface area contributed by atoms with E-state index >= 15 is 0 Å². The van der Waals surface area contributed by atoms with Crippen molar-refractivity contribution in [1.82, 2.24) is 0 Å². The molecule has 0 unspecified atom stereocenters. The lowest BCUT2D eigenvalue weighted by molar-refractivity contribution is -0.143. The van der Waals surface area contributed by atoms with Crippen LogP contribution in [0.15, 0.2) is 30.3 Å². The molecule has 212 valence electrons. The molecule has 0 aliphatic heterocycles. The van der Waals surface area contributed by atoms with Crippen LogP contribution < -0.4 is 9.47 Å². The van der Waals surface area contributed by atoms with Crippen LogP contribution in [0.25, 0.3) is 0 Å². The number of ether oxygens (including phenoxy) is 3. The highest BCUT2D eigenvalue weighted by molar-refractivity contribution is 6.01. The standard InChI is InChI=1S/C30H38O9/c1-17(2)24(33)22-15-19(31)14-18(25(22)39-28(36)30(6,7)8)10-9-13-37-26(34)21-16-20(11-12-23(21)32)38-27(35)29(3,4)5/h11-12,14-17,31-32H,9-10,13H2,1-8H3. The summed E-state index contributed by atoms with van der Waals surface area (Å²) in [5.41, 5.74) is -1.26. The summed E-state index contributed by atoms with van der Waals surface area (Å²) in [6, 6.07) is 6.51. The van der Waals surface area contributed by atoms with E-state index in [-0.39, 0.29) is 59.4 Å². The number of aryl methyl sites for hydroxylation is 1. The van der Waals surface area contributed by atoms with Crippen LogP contribution in [0, 0.1) is 16.7 Å². The lowest BCUT2D eigenvalue weighted by atomic mass is 9.94. The van der Waals surface area contributed by atoms with Gasteiger partial charge in [0.1, 0.15) is 28.6 Å². The Bertz CT molecular complexity index is 1240. The highest BCUT2D eigenvalue weighted by atomic mass is 16.5. The molecule has 2 N–H and O–H groups in total. The van der Waals surface area contributed by atoms with Gasteiger partial charge < -0.3 is 24.4 Å². The molecule has 0 radical (unpaired) electrons. The molecule has 0 atom stereocenters. The molecule has 9 heteroatoms. The van der Waals surface area contributed by atoms with Crippen LogP contribution in [0.2, 0.25) is 0 Å². The van der Waals surface area contributed by atoms with Gasteiger partial charge in [0, 0.05) is 5.92 Å². The molecule has 0 spiro atoms. The molecule has 0 saturated heterocycles. The van der Waals surface area contributed by atoms with Gasteiger partial charge in [0.2, 0.25) is 0 Å². The average Bonchev–Trinajstić information content (AvgIpc) is 2.82. The zero-order chi connectivity index (χ0) is 29.7. The maximum absolute atomic E-state index is 12.8. The summed E-state index contributed by atoms with van der Waals surface area (Å²) in [7, 11) is 0. The predicted octanol–water partition coefficient (Wildman–Crippen LogP) is 5.63. The zero-order valence-electron chi connectivity index (χ0n) is 23.8. The van der Waals surface area contributed by atoms with E-state index in [1.54, 1.807) is 55.4 Å². The van der Waals surface area contributed by atoms with E-state index in [0.29, 0.717) is 5.56 Å². The molecular formula is C30H38O9. The van der Waals surface area contributed by atoms with Gasteiger partial charge in [-0.2, -0.15) is 0 Å². The third kappa shape index (κ3) is 8.56. The number of esters is 3. The highest BCUT2D eigenvalue weighted by Gasteiger charge is 2.29. The molecule has 0 fully saturated rings. The zero-order valence-corrected chi connectivity index (χ0v) is 23.8. The normalized spacial score (nSPS) is 11.7. The third-order valence-corrected chi connectivity index (χ3v) is 5.58. The quantitative estimate of drug-likeness (QED) is 0.179. The summed E-state index contributed by atoms with van der Waals surface area (Å²) in [6.07, 6.45) is 0.464. The number of Topliss-reactive ketones (excluding diaryl/α,β-unsaturated/α-hetero) is 1. The van der Waals surface area contributed by atoms with Gasteiger partial charge in [0.25, 0.3) is 0 Å². The van der Waals surface area contributed by atoms with Gasteiger partial charge in [-0.25, -0.2) is 4.79 Å². The van der Waals surface area contributed by atoms with Crippen molar-refractivity contribution in [2.45, 2.75) is 68.2 Å². The van der Waals surface area contributed by atoms with Crippen molar-refractivity contribution < 1.29 is 43.6 Å². The summed E-state index contributed by atoms with van der Waals surface area (Å²) in [5.74, 6) is -2.90. The first-order valence-electron chi connectivity index (χ1n) is 12.8. The van der Waals surface area contributed by atoms with E-state index in [2.05, 4.69) is 0 Å². The van der Waals surface area contributed by atoms with Gasteiger partial charge in [0.15, 0.2) is 5.78 Å². The Morgan fingerprint density at radius 3 is 1.97 bits per heavy atom. The van der Waals surface area contributed by atoms with E-state index in [9.17, 15) is 29.4 Å². The number of ketones is 1. The second kappa shape index (κ2) is 12.3. The van der Waals surface area contributed by atoms with Gasteiger partial charge in [-0.1, -0.05) is 13.8 Å². The molecule has 2 rings (SSSR count). The Balaban J connectivity index is 2.19. The van der Waals surface area contributed by atoms with Crippen LogP contribution in [0.4, 0.5) is 0 Å². The summed E-state index contributed by atoms with van der Waals surface area (Å²) < 4.78 is 16.2. The lowest BCUT2D eigenvalue weighted by Crippen LogP contribution is -2.27. The number of benzene rings is 2. The summed E-state index contributed by atoms with van der Waals surface area (Å²) in [4.78, 5) is 50.3. The fourth-order valence-corrected chi connectivity index (χ4v) is 3.23. The SMILES string of the molecule is CC(C)C(=O)c1cc(O)cc(CCCOC(=O)c2cc(OC(=O)C(C)(C)C)ccc2O)c1OC(=O)C(C)(C)C. The minimum absolute atomic E-state index is 0.0729. The van der Waals surface area contributed by atoms with E-state index in [4.69, 9.17) is 14.2 Å². The minimum atomic E-state index is -0.833. The van der Waals surface area contributed by atoms with Crippen LogP contribution in [-0.2, 0) is 20.7 Å². The van der Waals surface area contributed by atoms with Gasteiger partial charge in [-0.3, -0.25) is 14.4 Å². The molecule has 0 amide bonds. The highest BCUT2D eigenvalue weighted by Crippen LogP contribution is 2.34. The van der Waals surface area contributed by atoms with Crippen molar-refractivity contribution in [2.24, 2.45) is 16.7 Å². The Kier molecular flexibility index (Phi) is 9.90. The number of carbonyl (C=O) groups is 4. The maximum atomic E-state index is 12.8. The topological polar surface area (TPSA) is 136 Å². The molecule has 0 bridgehead atoms. The van der Waals surface area contributed by atoms with Crippen molar-refractivity contribution in [1.29, 1.82) is 0 Å². The molecule has 0 aliphatic rings. The van der Waals surface area contributed by atoms with E-state index in [1.807, 2.05) is 0 Å². The van der Waals surface area contributed by atoms with Crippen molar-refractivity contribution in [3.8, 4) is 23.0 Å². The van der Waals surface area contributed by atoms with Crippen LogP contribution >= 0.6 is 0 Å². The van der Waals surface area contributed by atoms with Gasteiger partial charge in [0.05, 0.1) is 23.0 Å². The lowest BCUT2D eigenvalue weighted by Gasteiger charge is -2.21. The molecule has 9 nitrogen and oxygen atoms in total. The van der Waals surface area contributed by atoms with E-state index in [0.717, 1.165) is 0 Å². The number of rotatable bonds is 9. The number of phenols is 2. The Labute approximate surface area is 229 Å². The third-order valence-electron chi connectivity index (χ3n) is 5.58. The second-order valence-corrected chi connectivity index (χ2v) is 11.7. The Morgan fingerprint density at radius 2 is 1.41 bits per heavy atom. The Hall–Kier alpha value is -3.88. The number of hydrogen-bond acceptors (Lipinski definition) is 9. The Morgan fingerprint density at radius 1 is 0.821 bits per heavy atom. The fourth-order valence-electron chi connectivity index (χ4n) is 3.23. The van der Waals surface area contributed by atoms with Gasteiger partial charge >= 0.3 is 17.9 Å². The monoisotopic (exact) mass is 542 g/mol. The van der Waals surface area contributed by atoms with Crippen LogP contribution in [0.1, 0.15) is 88.1 Å². The van der Waals surface area contributed by atoms with Crippen molar-refractivity contribution in [3.63, 3.8) is 0 Å². The fraction of sp³-hybridized carbons (Fsp3) is 0.467. The molecule has 39 heavy (non-hydrogen) atoms. The molecule has 0 saturated carbocycles. The van der Waals surface area contributed by atoms with Crippen molar-refractivity contribution in [3.05, 3.63) is 47.0 Å². The molecule has 2 aromatic rings. The van der Waals surface area contributed by atoms with Gasteiger partial charge in [-0.15, -0.1) is 0 Å². The number of hydrogen-bond donors (Lipinski definition) is 2. The summed E-state index contributed by atoms with van der Waals surface area (Å²) >= 11 is 0. The second-order valence-electron chi connectivity index (χ2n) is 11.7. The predicted molar refractivity (Wildman–Crippen MR) is 144 cm³/mol. The molecule has 0 aliphatic carbocycles. The van der Waals surface area contributed by atoms with E-state index < -0.39 is 34.7 Å². The maximum Gasteiger partial charge on any atom is 0.342 e. The van der Waals surface area contributed by atoms with Crippen LogP contribution in [0.5, 0.6) is 23.0 Å². The first-order valence-corrected chi connectivity index (χ1v) is 12.8. The number of aromatic hydroxyl groups is 2. The first-order chi connectivity index (χ1) is 17.9. The van der Waals surface area contributed by atoms with Gasteiger partial charge in [-0.05, 0) is 90.3 Å².